The number of pyridine rings is 1. The zero-order valence-corrected chi connectivity index (χ0v) is 25.3. The standard InChI is InChI=1S/C41H28NO2P/c43-45(32-19-9-3-10-20-32,33-21-11-4-12-22-33)34-27-25-29(26-28-34)37-38-39(30-15-5-1-6-16-30)42-36-24-14-13-23-35(36)41(38)44-40(37)31-17-7-2-8-18-31/h1-28H. The molecule has 0 atom stereocenters. The Balaban J connectivity index is 1.41. The lowest BCUT2D eigenvalue weighted by atomic mass is 9.95. The number of hydrogen-bond acceptors (Lipinski definition) is 3. The van der Waals surface area contributed by atoms with Crippen LogP contribution in [0.15, 0.2) is 174 Å². The van der Waals surface area contributed by atoms with E-state index in [1.54, 1.807) is 0 Å². The predicted octanol–water partition coefficient (Wildman–Crippen LogP) is 9.62. The van der Waals surface area contributed by atoms with Gasteiger partial charge in [0.05, 0.1) is 16.6 Å². The van der Waals surface area contributed by atoms with Gasteiger partial charge >= 0.3 is 0 Å². The number of rotatable bonds is 6. The molecule has 0 N–H and O–H groups in total. The highest BCUT2D eigenvalue weighted by molar-refractivity contribution is 7.85. The van der Waals surface area contributed by atoms with Gasteiger partial charge in [-0.2, -0.15) is 0 Å². The smallest absolute Gasteiger partial charge is 0.171 e. The lowest BCUT2D eigenvalue weighted by Crippen LogP contribution is -2.24. The Kier molecular flexibility index (Phi) is 6.74. The fourth-order valence-corrected chi connectivity index (χ4v) is 8.87. The summed E-state index contributed by atoms with van der Waals surface area (Å²) < 4.78 is 21.9. The molecule has 0 radical (unpaired) electrons. The normalized spacial score (nSPS) is 11.6. The van der Waals surface area contributed by atoms with Gasteiger partial charge in [-0.15, -0.1) is 0 Å². The number of nitrogens with zero attached hydrogens (tertiary/aromatic N) is 1. The maximum absolute atomic E-state index is 15.1. The summed E-state index contributed by atoms with van der Waals surface area (Å²) in [6.07, 6.45) is 0. The summed E-state index contributed by atoms with van der Waals surface area (Å²) in [5, 5.41) is 4.32. The van der Waals surface area contributed by atoms with Gasteiger partial charge in [0.1, 0.15) is 11.3 Å². The lowest BCUT2D eigenvalue weighted by Gasteiger charge is -2.20. The second-order valence-corrected chi connectivity index (χ2v) is 13.8. The van der Waals surface area contributed by atoms with Crippen molar-refractivity contribution >= 4 is 44.9 Å². The first-order chi connectivity index (χ1) is 22.2. The Labute approximate surface area is 261 Å². The van der Waals surface area contributed by atoms with Gasteiger partial charge in [-0.3, -0.25) is 0 Å². The molecule has 0 bridgehead atoms. The Bertz CT molecular complexity index is 2270. The molecule has 8 aromatic rings. The van der Waals surface area contributed by atoms with Crippen LogP contribution in [-0.4, -0.2) is 4.98 Å². The van der Waals surface area contributed by atoms with E-state index in [1.165, 1.54) is 0 Å². The first kappa shape index (κ1) is 27.1. The molecule has 214 valence electrons. The molecule has 0 aliphatic heterocycles. The van der Waals surface area contributed by atoms with Crippen LogP contribution >= 0.6 is 7.14 Å². The maximum Gasteiger partial charge on any atom is 0.171 e. The molecule has 2 heterocycles. The van der Waals surface area contributed by atoms with Gasteiger partial charge in [0.2, 0.25) is 0 Å². The fraction of sp³-hybridized carbons (Fsp3) is 0. The van der Waals surface area contributed by atoms with Crippen LogP contribution in [0.25, 0.3) is 55.6 Å². The van der Waals surface area contributed by atoms with E-state index >= 15 is 4.57 Å². The molecule has 6 aromatic carbocycles. The zero-order valence-electron chi connectivity index (χ0n) is 24.4. The van der Waals surface area contributed by atoms with Gasteiger partial charge in [0, 0.05) is 38.0 Å². The molecule has 45 heavy (non-hydrogen) atoms. The van der Waals surface area contributed by atoms with Gasteiger partial charge in [-0.05, 0) is 17.7 Å². The molecule has 4 heteroatoms. The lowest BCUT2D eigenvalue weighted by molar-refractivity contribution is 0.592. The van der Waals surface area contributed by atoms with Crippen molar-refractivity contribution in [1.82, 2.24) is 4.98 Å². The summed E-state index contributed by atoms with van der Waals surface area (Å²) in [6.45, 7) is 0. The topological polar surface area (TPSA) is 43.1 Å². The fourth-order valence-electron chi connectivity index (χ4n) is 6.22. The van der Waals surface area contributed by atoms with Crippen molar-refractivity contribution in [2.24, 2.45) is 0 Å². The number of furan rings is 1. The van der Waals surface area contributed by atoms with Crippen molar-refractivity contribution < 1.29 is 8.98 Å². The molecule has 0 aliphatic rings. The van der Waals surface area contributed by atoms with Crippen LogP contribution in [0.5, 0.6) is 0 Å². The second kappa shape index (κ2) is 11.2. The highest BCUT2D eigenvalue weighted by atomic mass is 31.2. The van der Waals surface area contributed by atoms with E-state index in [-0.39, 0.29) is 0 Å². The maximum atomic E-state index is 15.1. The van der Waals surface area contributed by atoms with Crippen molar-refractivity contribution in [3.63, 3.8) is 0 Å². The SMILES string of the molecule is O=P(c1ccccc1)(c1ccccc1)c1ccc(-c2c(-c3ccccc3)oc3c2c(-c2ccccc2)nc2ccccc23)cc1. The number of benzene rings is 6. The third-order valence-electron chi connectivity index (χ3n) is 8.37. The van der Waals surface area contributed by atoms with E-state index in [2.05, 4.69) is 42.5 Å². The molecule has 0 fully saturated rings. The van der Waals surface area contributed by atoms with Crippen LogP contribution in [0.1, 0.15) is 0 Å². The highest BCUT2D eigenvalue weighted by Crippen LogP contribution is 2.47. The molecule has 0 aliphatic carbocycles. The molecule has 8 rings (SSSR count). The van der Waals surface area contributed by atoms with Gasteiger partial charge in [0.25, 0.3) is 0 Å². The monoisotopic (exact) mass is 597 g/mol. The molecule has 3 nitrogen and oxygen atoms in total. The minimum absolute atomic E-state index is 0.781. The number of hydrogen-bond donors (Lipinski definition) is 0. The zero-order chi connectivity index (χ0) is 30.2. The molecular formula is C41H28NO2P. The average Bonchev–Trinajstić information content (AvgIpc) is 3.54. The molecule has 0 amide bonds. The Morgan fingerprint density at radius 3 is 1.56 bits per heavy atom. The molecule has 0 spiro atoms. The van der Waals surface area contributed by atoms with Crippen LogP contribution in [-0.2, 0) is 4.57 Å². The Hall–Kier alpha value is -5.50. The minimum atomic E-state index is -3.12. The Morgan fingerprint density at radius 1 is 0.467 bits per heavy atom. The van der Waals surface area contributed by atoms with Crippen molar-refractivity contribution in [1.29, 1.82) is 0 Å². The summed E-state index contributed by atoms with van der Waals surface area (Å²) in [4.78, 5) is 5.20. The first-order valence-electron chi connectivity index (χ1n) is 15.0. The van der Waals surface area contributed by atoms with Crippen LogP contribution in [0, 0.1) is 0 Å². The van der Waals surface area contributed by atoms with Crippen molar-refractivity contribution in [3.05, 3.63) is 170 Å². The second-order valence-electron chi connectivity index (χ2n) is 11.0. The Morgan fingerprint density at radius 2 is 0.956 bits per heavy atom. The van der Waals surface area contributed by atoms with Crippen LogP contribution in [0.4, 0.5) is 0 Å². The average molecular weight is 598 g/mol. The van der Waals surface area contributed by atoms with E-state index in [0.717, 1.165) is 71.5 Å². The molecular weight excluding hydrogens is 569 g/mol. The quantitative estimate of drug-likeness (QED) is 0.179. The van der Waals surface area contributed by atoms with E-state index in [4.69, 9.17) is 9.40 Å². The summed E-state index contributed by atoms with van der Waals surface area (Å²) in [5.41, 5.74) is 6.49. The van der Waals surface area contributed by atoms with Crippen molar-refractivity contribution in [3.8, 4) is 33.7 Å². The summed E-state index contributed by atoms with van der Waals surface area (Å²) in [5.74, 6) is 0.781. The predicted molar refractivity (Wildman–Crippen MR) is 187 cm³/mol. The van der Waals surface area contributed by atoms with E-state index in [0.29, 0.717) is 0 Å². The van der Waals surface area contributed by atoms with Crippen LogP contribution in [0.2, 0.25) is 0 Å². The van der Waals surface area contributed by atoms with Gasteiger partial charge in [-0.1, -0.05) is 158 Å². The van der Waals surface area contributed by atoms with Crippen molar-refractivity contribution in [2.75, 3.05) is 0 Å². The minimum Gasteiger partial charge on any atom is -0.455 e. The van der Waals surface area contributed by atoms with Crippen molar-refractivity contribution in [2.45, 2.75) is 0 Å². The van der Waals surface area contributed by atoms with Crippen LogP contribution in [0.3, 0.4) is 0 Å². The van der Waals surface area contributed by atoms with Gasteiger partial charge in [0.15, 0.2) is 7.14 Å². The third kappa shape index (κ3) is 4.61. The summed E-state index contributed by atoms with van der Waals surface area (Å²) in [6, 6.07) is 56.4. The van der Waals surface area contributed by atoms with Gasteiger partial charge < -0.3 is 8.98 Å². The third-order valence-corrected chi connectivity index (χ3v) is 11.4. The van der Waals surface area contributed by atoms with Gasteiger partial charge in [-0.25, -0.2) is 4.98 Å². The molecule has 0 saturated carbocycles. The summed E-state index contributed by atoms with van der Waals surface area (Å²) >= 11 is 0. The first-order valence-corrected chi connectivity index (χ1v) is 16.7. The molecule has 0 saturated heterocycles. The van der Waals surface area contributed by atoms with E-state index in [9.17, 15) is 0 Å². The highest BCUT2D eigenvalue weighted by Gasteiger charge is 2.30. The van der Waals surface area contributed by atoms with E-state index in [1.807, 2.05) is 127 Å². The number of aromatic nitrogens is 1. The number of para-hydroxylation sites is 1. The van der Waals surface area contributed by atoms with E-state index < -0.39 is 7.14 Å². The van der Waals surface area contributed by atoms with Crippen LogP contribution < -0.4 is 15.9 Å². The molecule has 2 aromatic heterocycles. The molecule has 0 unspecified atom stereocenters. The number of fused-ring (bicyclic) bond motifs is 3. The summed E-state index contributed by atoms with van der Waals surface area (Å²) in [7, 11) is -3.12. The largest absolute Gasteiger partial charge is 0.455 e.